The van der Waals surface area contributed by atoms with Crippen molar-refractivity contribution < 1.29 is 35.9 Å². The highest BCUT2D eigenvalue weighted by atomic mass is 19.4. The first-order chi connectivity index (χ1) is 15.0. The van der Waals surface area contributed by atoms with E-state index in [1.807, 2.05) is 0 Å². The zero-order chi connectivity index (χ0) is 23.1. The van der Waals surface area contributed by atoms with Gasteiger partial charge in [0.2, 0.25) is 5.88 Å². The van der Waals surface area contributed by atoms with Crippen LogP contribution in [0.5, 0.6) is 5.88 Å². The number of nitrogens with zero attached hydrogens (tertiary/aromatic N) is 4. The normalized spacial score (nSPS) is 16.0. The van der Waals surface area contributed by atoms with E-state index in [4.69, 9.17) is 0 Å². The molecule has 0 aromatic carbocycles. The topological polar surface area (TPSA) is 81.9 Å². The quantitative estimate of drug-likeness (QED) is 0.596. The summed E-state index contributed by atoms with van der Waals surface area (Å²) in [7, 11) is 0. The Balaban J connectivity index is 1.52. The van der Waals surface area contributed by atoms with Crippen LogP contribution in [0.2, 0.25) is 0 Å². The third kappa shape index (κ3) is 4.65. The number of amides is 1. The van der Waals surface area contributed by atoms with E-state index >= 15 is 0 Å². The summed E-state index contributed by atoms with van der Waals surface area (Å²) in [6, 6.07) is 5.37. The average molecular weight is 457 g/mol. The Hall–Kier alpha value is -3.64. The number of carbonyl (C=O) groups excluding carboxylic acids is 1. The molecule has 4 heterocycles. The lowest BCUT2D eigenvalue weighted by Gasteiger charge is -2.13. The summed E-state index contributed by atoms with van der Waals surface area (Å²) in [5, 5.41) is 6.97. The van der Waals surface area contributed by atoms with Gasteiger partial charge in [0.25, 0.3) is 5.91 Å². The van der Waals surface area contributed by atoms with Crippen molar-refractivity contribution in [2.45, 2.75) is 31.5 Å². The molecular weight excluding hydrogens is 444 g/mol. The number of hydrogen-bond acceptors (Lipinski definition) is 5. The molecule has 13 heteroatoms. The molecule has 1 aliphatic rings. The zero-order valence-corrected chi connectivity index (χ0v) is 15.9. The highest BCUT2D eigenvalue weighted by Crippen LogP contribution is 2.33. The maximum atomic E-state index is 12.9. The van der Waals surface area contributed by atoms with Gasteiger partial charge in [0.15, 0.2) is 0 Å². The van der Waals surface area contributed by atoms with E-state index in [2.05, 4.69) is 25.1 Å². The molecule has 1 unspecified atom stereocenters. The van der Waals surface area contributed by atoms with Crippen LogP contribution in [0.1, 0.15) is 34.2 Å². The number of ether oxygens (including phenoxy) is 1. The number of fused-ring (bicyclic) bond motifs is 1. The second-order valence-corrected chi connectivity index (χ2v) is 6.85. The van der Waals surface area contributed by atoms with Crippen LogP contribution < -0.4 is 10.1 Å². The molecule has 1 aliphatic heterocycles. The zero-order valence-electron chi connectivity index (χ0n) is 15.9. The molecule has 7 nitrogen and oxygen atoms in total. The molecule has 0 saturated heterocycles. The number of hydrogen-bond donors (Lipinski definition) is 1. The summed E-state index contributed by atoms with van der Waals surface area (Å²) in [5.41, 5.74) is -0.109. The van der Waals surface area contributed by atoms with Crippen LogP contribution in [0.3, 0.4) is 0 Å². The number of aromatic nitrogens is 4. The number of rotatable bonds is 4. The van der Waals surface area contributed by atoms with Gasteiger partial charge in [0.1, 0.15) is 5.69 Å². The maximum absolute atomic E-state index is 12.9. The molecule has 0 aliphatic carbocycles. The second kappa shape index (κ2) is 7.80. The fraction of sp³-hybridized carbons (Fsp3) is 0.263. The fourth-order valence-corrected chi connectivity index (χ4v) is 3.29. The van der Waals surface area contributed by atoms with Crippen LogP contribution in [0.15, 0.2) is 42.7 Å². The lowest BCUT2D eigenvalue weighted by Crippen LogP contribution is -2.27. The number of pyridine rings is 2. The van der Waals surface area contributed by atoms with Crippen LogP contribution in [0.4, 0.5) is 26.3 Å². The molecule has 3 aromatic rings. The van der Waals surface area contributed by atoms with Crippen molar-refractivity contribution in [3.05, 3.63) is 59.7 Å². The van der Waals surface area contributed by atoms with Crippen molar-refractivity contribution >= 4 is 5.91 Å². The first-order valence-electron chi connectivity index (χ1n) is 9.13. The van der Waals surface area contributed by atoms with Crippen molar-refractivity contribution in [2.24, 2.45) is 0 Å². The lowest BCUT2D eigenvalue weighted by atomic mass is 10.1. The number of aryl methyl sites for hydroxylation is 1. The smallest absolute Gasteiger partial charge is 0.388 e. The van der Waals surface area contributed by atoms with Crippen molar-refractivity contribution in [1.29, 1.82) is 0 Å². The molecule has 1 atom stereocenters. The standard InChI is InChI=1S/C19H13F6N5O2/c20-18(21,22)15-7-10(1-4-26-15)13-9-14-12(3-6-30(14)29-13)28-17(31)11-2-5-27-16(8-11)32-19(23,24)25/h1-2,4-5,7-9,12H,3,6H2,(H,28,31). The van der Waals surface area contributed by atoms with Gasteiger partial charge in [0.05, 0.1) is 17.4 Å². The van der Waals surface area contributed by atoms with E-state index in [1.165, 1.54) is 12.1 Å². The van der Waals surface area contributed by atoms with E-state index in [-0.39, 0.29) is 16.8 Å². The number of alkyl halides is 6. The van der Waals surface area contributed by atoms with Crippen LogP contribution in [-0.4, -0.2) is 32.0 Å². The van der Waals surface area contributed by atoms with Gasteiger partial charge in [0, 0.05) is 36.1 Å². The molecule has 0 spiro atoms. The van der Waals surface area contributed by atoms with Crippen molar-refractivity contribution in [3.8, 4) is 17.1 Å². The maximum Gasteiger partial charge on any atom is 0.574 e. The van der Waals surface area contributed by atoms with Crippen molar-refractivity contribution in [2.75, 3.05) is 0 Å². The Labute approximate surface area is 176 Å². The molecule has 3 aromatic heterocycles. The second-order valence-electron chi connectivity index (χ2n) is 6.85. The fourth-order valence-electron chi connectivity index (χ4n) is 3.29. The van der Waals surface area contributed by atoms with Gasteiger partial charge >= 0.3 is 12.5 Å². The minimum Gasteiger partial charge on any atom is -0.388 e. The van der Waals surface area contributed by atoms with Gasteiger partial charge in [-0.1, -0.05) is 0 Å². The predicted molar refractivity (Wildman–Crippen MR) is 96.2 cm³/mol. The monoisotopic (exact) mass is 457 g/mol. The Morgan fingerprint density at radius 1 is 1.06 bits per heavy atom. The van der Waals surface area contributed by atoms with Crippen LogP contribution in [0.25, 0.3) is 11.3 Å². The van der Waals surface area contributed by atoms with Gasteiger partial charge < -0.3 is 10.1 Å². The third-order valence-corrected chi connectivity index (χ3v) is 4.67. The van der Waals surface area contributed by atoms with Gasteiger partial charge in [-0.25, -0.2) is 4.98 Å². The SMILES string of the molecule is O=C(NC1CCn2nc(-c3ccnc(C(F)(F)F)c3)cc21)c1ccnc(OC(F)(F)F)c1. The lowest BCUT2D eigenvalue weighted by molar-refractivity contribution is -0.276. The van der Waals surface area contributed by atoms with Crippen molar-refractivity contribution in [3.63, 3.8) is 0 Å². The minimum absolute atomic E-state index is 0.0959. The molecule has 32 heavy (non-hydrogen) atoms. The summed E-state index contributed by atoms with van der Waals surface area (Å²) in [6.45, 7) is 0.399. The highest BCUT2D eigenvalue weighted by Gasteiger charge is 2.34. The van der Waals surface area contributed by atoms with Crippen LogP contribution in [-0.2, 0) is 12.7 Å². The first kappa shape index (κ1) is 21.6. The van der Waals surface area contributed by atoms with Crippen LogP contribution in [0, 0.1) is 0 Å². The first-order valence-corrected chi connectivity index (χ1v) is 9.13. The third-order valence-electron chi connectivity index (χ3n) is 4.67. The van der Waals surface area contributed by atoms with E-state index in [0.717, 1.165) is 24.5 Å². The predicted octanol–water partition coefficient (Wildman–Crippen LogP) is 4.13. The van der Waals surface area contributed by atoms with E-state index in [0.29, 0.717) is 18.7 Å². The minimum atomic E-state index is -4.95. The number of nitrogens with one attached hydrogen (secondary N) is 1. The molecular formula is C19H13F6N5O2. The molecule has 1 N–H and O–H groups in total. The number of carbonyl (C=O) groups is 1. The summed E-state index contributed by atoms with van der Waals surface area (Å²) < 4.78 is 81.1. The Kier molecular flexibility index (Phi) is 5.26. The highest BCUT2D eigenvalue weighted by molar-refractivity contribution is 5.94. The summed E-state index contributed by atoms with van der Waals surface area (Å²) in [4.78, 5) is 19.3. The molecule has 0 fully saturated rings. The largest absolute Gasteiger partial charge is 0.574 e. The Morgan fingerprint density at radius 2 is 1.81 bits per heavy atom. The van der Waals surface area contributed by atoms with Gasteiger partial charge in [-0.2, -0.15) is 18.3 Å². The molecule has 1 amide bonds. The summed E-state index contributed by atoms with van der Waals surface area (Å²) >= 11 is 0. The van der Waals surface area contributed by atoms with E-state index in [9.17, 15) is 31.1 Å². The van der Waals surface area contributed by atoms with E-state index in [1.54, 1.807) is 10.7 Å². The molecule has 0 radical (unpaired) electrons. The molecule has 0 bridgehead atoms. The molecule has 168 valence electrons. The molecule has 4 rings (SSSR count). The average Bonchev–Trinajstić information content (AvgIpc) is 3.28. The van der Waals surface area contributed by atoms with Gasteiger partial charge in [-0.15, -0.1) is 13.2 Å². The van der Waals surface area contributed by atoms with Gasteiger partial charge in [-0.05, 0) is 30.7 Å². The van der Waals surface area contributed by atoms with Crippen molar-refractivity contribution in [1.82, 2.24) is 25.1 Å². The van der Waals surface area contributed by atoms with Crippen LogP contribution >= 0.6 is 0 Å². The van der Waals surface area contributed by atoms with Gasteiger partial charge in [-0.3, -0.25) is 14.5 Å². The molecule has 0 saturated carbocycles. The Morgan fingerprint density at radius 3 is 2.53 bits per heavy atom. The summed E-state index contributed by atoms with van der Waals surface area (Å²) in [5.74, 6) is -1.44. The summed E-state index contributed by atoms with van der Waals surface area (Å²) in [6.07, 6.45) is -7.06. The number of halogens is 6. The Bertz CT molecular complexity index is 1160. The van der Waals surface area contributed by atoms with E-state index < -0.39 is 36.1 Å².